The second kappa shape index (κ2) is 6.67. The molecule has 1 saturated heterocycles. The van der Waals surface area contributed by atoms with Crippen LogP contribution in [0.15, 0.2) is 24.5 Å². The summed E-state index contributed by atoms with van der Waals surface area (Å²) in [6, 6.07) is 3.79. The van der Waals surface area contributed by atoms with Crippen molar-refractivity contribution in [2.45, 2.75) is 38.6 Å². The van der Waals surface area contributed by atoms with E-state index in [2.05, 4.69) is 27.2 Å². The predicted molar refractivity (Wildman–Crippen MR) is 98.3 cm³/mol. The van der Waals surface area contributed by atoms with Crippen molar-refractivity contribution in [2.24, 2.45) is 5.92 Å². The third-order valence-corrected chi connectivity index (χ3v) is 5.25. The average Bonchev–Trinajstić information content (AvgIpc) is 3.09. The first-order valence-corrected chi connectivity index (χ1v) is 9.26. The maximum atomic E-state index is 12.6. The summed E-state index contributed by atoms with van der Waals surface area (Å²) < 4.78 is 1.93. The monoisotopic (exact) mass is 359 g/mol. The number of carbonyl (C=O) groups excluding carboxylic acids is 1. The van der Waals surface area contributed by atoms with Gasteiger partial charge in [0.05, 0.1) is 17.9 Å². The summed E-state index contributed by atoms with van der Waals surface area (Å²) >= 11 is 6.13. The van der Waals surface area contributed by atoms with E-state index < -0.39 is 0 Å². The molecule has 1 aliphatic heterocycles. The lowest BCUT2D eigenvalue weighted by Crippen LogP contribution is -2.20. The van der Waals surface area contributed by atoms with E-state index >= 15 is 0 Å². The molecule has 0 radical (unpaired) electrons. The molecule has 7 heteroatoms. The largest absolute Gasteiger partial charge is 0.357 e. The maximum absolute atomic E-state index is 12.6. The summed E-state index contributed by atoms with van der Waals surface area (Å²) in [7, 11) is 0. The Morgan fingerprint density at radius 3 is 2.80 bits per heavy atom. The van der Waals surface area contributed by atoms with Crippen LogP contribution < -0.4 is 10.2 Å². The summed E-state index contributed by atoms with van der Waals surface area (Å²) in [5, 5.41) is 7.63. The van der Waals surface area contributed by atoms with Crippen LogP contribution in [-0.2, 0) is 0 Å². The number of nitrogens with zero attached hydrogens (tertiary/aromatic N) is 4. The van der Waals surface area contributed by atoms with Crippen molar-refractivity contribution in [2.75, 3.05) is 23.3 Å². The van der Waals surface area contributed by atoms with Gasteiger partial charge in [0.2, 0.25) is 0 Å². The SMILES string of the molecule is CC(C1CC1)n1cc(NC(=O)c2cc(Cl)nc(N3CCCC3)c2)cn1. The van der Waals surface area contributed by atoms with E-state index in [4.69, 9.17) is 11.6 Å². The molecule has 132 valence electrons. The van der Waals surface area contributed by atoms with Crippen molar-refractivity contribution in [1.82, 2.24) is 14.8 Å². The molecule has 2 aromatic rings. The van der Waals surface area contributed by atoms with Crippen molar-refractivity contribution in [3.63, 3.8) is 0 Å². The Kier molecular flexibility index (Phi) is 4.37. The minimum absolute atomic E-state index is 0.191. The van der Waals surface area contributed by atoms with Gasteiger partial charge in [0.1, 0.15) is 11.0 Å². The molecular formula is C18H22ClN5O. The number of nitrogens with one attached hydrogen (secondary N) is 1. The van der Waals surface area contributed by atoms with Gasteiger partial charge >= 0.3 is 0 Å². The third kappa shape index (κ3) is 3.63. The molecule has 2 aliphatic rings. The quantitative estimate of drug-likeness (QED) is 0.826. The summed E-state index contributed by atoms with van der Waals surface area (Å²) in [5.41, 5.74) is 1.22. The van der Waals surface area contributed by atoms with Gasteiger partial charge in [0.15, 0.2) is 0 Å². The molecule has 2 aromatic heterocycles. The van der Waals surface area contributed by atoms with Gasteiger partial charge in [0.25, 0.3) is 5.91 Å². The first-order valence-electron chi connectivity index (χ1n) is 8.88. The second-order valence-corrected chi connectivity index (χ2v) is 7.36. The van der Waals surface area contributed by atoms with E-state index in [1.807, 2.05) is 16.9 Å². The first kappa shape index (κ1) is 16.4. The number of rotatable bonds is 5. The van der Waals surface area contributed by atoms with Crippen LogP contribution in [-0.4, -0.2) is 33.8 Å². The highest BCUT2D eigenvalue weighted by Crippen LogP contribution is 2.39. The normalized spacial score (nSPS) is 18.4. The van der Waals surface area contributed by atoms with Gasteiger partial charge in [-0.1, -0.05) is 11.6 Å². The molecule has 4 rings (SSSR count). The van der Waals surface area contributed by atoms with Crippen molar-refractivity contribution < 1.29 is 4.79 Å². The van der Waals surface area contributed by atoms with Gasteiger partial charge in [-0.3, -0.25) is 9.48 Å². The number of halogens is 1. The van der Waals surface area contributed by atoms with Crippen LogP contribution in [0.25, 0.3) is 0 Å². The zero-order valence-electron chi connectivity index (χ0n) is 14.3. The van der Waals surface area contributed by atoms with Crippen LogP contribution in [0.5, 0.6) is 0 Å². The van der Waals surface area contributed by atoms with Crippen molar-refractivity contribution >= 4 is 29.0 Å². The molecule has 3 heterocycles. The molecule has 1 N–H and O–H groups in total. The summed E-state index contributed by atoms with van der Waals surface area (Å²) in [4.78, 5) is 19.1. The molecule has 0 spiro atoms. The van der Waals surface area contributed by atoms with E-state index in [1.165, 1.54) is 12.8 Å². The lowest BCUT2D eigenvalue weighted by Gasteiger charge is -2.17. The van der Waals surface area contributed by atoms with Crippen LogP contribution in [0.4, 0.5) is 11.5 Å². The molecule has 1 saturated carbocycles. The molecule has 0 aromatic carbocycles. The van der Waals surface area contributed by atoms with E-state index in [9.17, 15) is 4.79 Å². The number of hydrogen-bond acceptors (Lipinski definition) is 4. The fourth-order valence-corrected chi connectivity index (χ4v) is 3.55. The fourth-order valence-electron chi connectivity index (χ4n) is 3.35. The van der Waals surface area contributed by atoms with E-state index in [0.717, 1.165) is 31.7 Å². The van der Waals surface area contributed by atoms with Gasteiger partial charge < -0.3 is 10.2 Å². The zero-order chi connectivity index (χ0) is 17.4. The minimum Gasteiger partial charge on any atom is -0.357 e. The number of pyridine rings is 1. The number of amides is 1. The number of carbonyl (C=O) groups is 1. The first-order chi connectivity index (χ1) is 12.1. The molecule has 1 aliphatic carbocycles. The topological polar surface area (TPSA) is 63.1 Å². The smallest absolute Gasteiger partial charge is 0.255 e. The highest BCUT2D eigenvalue weighted by Gasteiger charge is 2.29. The van der Waals surface area contributed by atoms with Crippen molar-refractivity contribution in [3.05, 3.63) is 35.2 Å². The zero-order valence-corrected chi connectivity index (χ0v) is 15.0. The minimum atomic E-state index is -0.191. The Morgan fingerprint density at radius 2 is 2.08 bits per heavy atom. The van der Waals surface area contributed by atoms with Gasteiger partial charge in [-0.2, -0.15) is 5.10 Å². The van der Waals surface area contributed by atoms with Crippen LogP contribution in [0.2, 0.25) is 5.15 Å². The molecule has 1 amide bonds. The molecule has 0 bridgehead atoms. The van der Waals surface area contributed by atoms with Crippen LogP contribution in [0.3, 0.4) is 0 Å². The fraction of sp³-hybridized carbons (Fsp3) is 0.500. The lowest BCUT2D eigenvalue weighted by atomic mass is 10.2. The highest BCUT2D eigenvalue weighted by molar-refractivity contribution is 6.30. The van der Waals surface area contributed by atoms with Crippen LogP contribution in [0, 0.1) is 5.92 Å². The van der Waals surface area contributed by atoms with Crippen molar-refractivity contribution in [1.29, 1.82) is 0 Å². The summed E-state index contributed by atoms with van der Waals surface area (Å²) in [6.45, 7) is 4.09. The third-order valence-electron chi connectivity index (χ3n) is 5.05. The van der Waals surface area contributed by atoms with Gasteiger partial charge in [-0.15, -0.1) is 0 Å². The standard InChI is InChI=1S/C18H22ClN5O/c1-12(13-4-5-13)24-11-15(10-20-24)21-18(25)14-8-16(19)22-17(9-14)23-6-2-3-7-23/h8-13H,2-7H2,1H3,(H,21,25). The molecular weight excluding hydrogens is 338 g/mol. The van der Waals surface area contributed by atoms with Gasteiger partial charge in [-0.05, 0) is 50.7 Å². The Morgan fingerprint density at radius 1 is 1.32 bits per heavy atom. The van der Waals surface area contributed by atoms with Crippen molar-refractivity contribution in [3.8, 4) is 0 Å². The van der Waals surface area contributed by atoms with Gasteiger partial charge in [0, 0.05) is 24.8 Å². The Labute approximate surface area is 152 Å². The molecule has 1 unspecified atom stereocenters. The number of hydrogen-bond donors (Lipinski definition) is 1. The second-order valence-electron chi connectivity index (χ2n) is 6.97. The Balaban J connectivity index is 1.49. The molecule has 6 nitrogen and oxygen atoms in total. The number of anilines is 2. The Bertz CT molecular complexity index is 780. The average molecular weight is 360 g/mol. The molecule has 25 heavy (non-hydrogen) atoms. The van der Waals surface area contributed by atoms with Crippen LogP contribution >= 0.6 is 11.6 Å². The molecule has 1 atom stereocenters. The molecule has 2 fully saturated rings. The van der Waals surface area contributed by atoms with Gasteiger partial charge in [-0.25, -0.2) is 4.98 Å². The summed E-state index contributed by atoms with van der Waals surface area (Å²) in [6.07, 6.45) is 8.41. The number of aromatic nitrogens is 3. The highest BCUT2D eigenvalue weighted by atomic mass is 35.5. The predicted octanol–water partition coefficient (Wildman–Crippen LogP) is 3.76. The Hall–Kier alpha value is -2.08. The lowest BCUT2D eigenvalue weighted by molar-refractivity contribution is 0.102. The summed E-state index contributed by atoms with van der Waals surface area (Å²) in [5.74, 6) is 1.29. The van der Waals surface area contributed by atoms with E-state index in [0.29, 0.717) is 28.4 Å². The van der Waals surface area contributed by atoms with Crippen LogP contribution in [0.1, 0.15) is 49.0 Å². The van der Waals surface area contributed by atoms with E-state index in [1.54, 1.807) is 12.3 Å². The maximum Gasteiger partial charge on any atom is 0.255 e. The van der Waals surface area contributed by atoms with E-state index in [-0.39, 0.29) is 5.91 Å².